The van der Waals surface area contributed by atoms with E-state index in [2.05, 4.69) is 24.1 Å². The summed E-state index contributed by atoms with van der Waals surface area (Å²) in [6.07, 6.45) is 0. The first kappa shape index (κ1) is 19.5. The summed E-state index contributed by atoms with van der Waals surface area (Å²) in [6, 6.07) is 16.2. The number of carbonyl (C=O) groups is 1. The van der Waals surface area contributed by atoms with Crippen molar-refractivity contribution in [1.29, 1.82) is 0 Å². The number of nitrogens with zero attached hydrogens (tertiary/aromatic N) is 1. The van der Waals surface area contributed by atoms with Crippen LogP contribution in [0.2, 0.25) is 0 Å². The van der Waals surface area contributed by atoms with E-state index in [-0.39, 0.29) is 17.5 Å². The normalized spacial score (nSPS) is 10.9. The number of aromatic amines is 1. The quantitative estimate of drug-likeness (QED) is 0.673. The van der Waals surface area contributed by atoms with Gasteiger partial charge in [0.05, 0.1) is 12.8 Å². The highest BCUT2D eigenvalue weighted by atomic mass is 16.5. The van der Waals surface area contributed by atoms with Crippen LogP contribution in [0.25, 0.3) is 10.9 Å². The van der Waals surface area contributed by atoms with Crippen LogP contribution in [0.15, 0.2) is 59.4 Å². The largest absolute Gasteiger partial charge is 0.495 e. The van der Waals surface area contributed by atoms with Gasteiger partial charge in [-0.2, -0.15) is 0 Å². The van der Waals surface area contributed by atoms with Crippen LogP contribution in [0.5, 0.6) is 5.75 Å². The summed E-state index contributed by atoms with van der Waals surface area (Å²) in [4.78, 5) is 29.6. The summed E-state index contributed by atoms with van der Waals surface area (Å²) < 4.78 is 5.32. The average molecular weight is 379 g/mol. The molecule has 146 valence electrons. The van der Waals surface area contributed by atoms with Crippen molar-refractivity contribution in [2.45, 2.75) is 20.4 Å². The number of pyridine rings is 1. The second kappa shape index (κ2) is 8.61. The number of carbonyl (C=O) groups excluding carboxylic acids is 1. The summed E-state index contributed by atoms with van der Waals surface area (Å²) in [6.45, 7) is 5.00. The van der Waals surface area contributed by atoms with Gasteiger partial charge in [0.1, 0.15) is 5.75 Å². The second-order valence-corrected chi connectivity index (χ2v) is 7.11. The Morgan fingerprint density at radius 2 is 1.86 bits per heavy atom. The lowest BCUT2D eigenvalue weighted by Crippen LogP contribution is -2.37. The van der Waals surface area contributed by atoms with Crippen molar-refractivity contribution in [3.8, 4) is 5.75 Å². The van der Waals surface area contributed by atoms with Gasteiger partial charge in [0.25, 0.3) is 0 Å². The van der Waals surface area contributed by atoms with Crippen molar-refractivity contribution in [3.63, 3.8) is 0 Å². The van der Waals surface area contributed by atoms with Gasteiger partial charge in [-0.25, -0.2) is 4.79 Å². The minimum Gasteiger partial charge on any atom is -0.495 e. The average Bonchev–Trinajstić information content (AvgIpc) is 2.67. The molecule has 0 aliphatic carbocycles. The fraction of sp³-hybridized carbons (Fsp3) is 0.273. The zero-order valence-corrected chi connectivity index (χ0v) is 16.4. The summed E-state index contributed by atoms with van der Waals surface area (Å²) in [5, 5.41) is 3.86. The number of fused-ring (bicyclic) bond motifs is 1. The molecule has 3 rings (SSSR count). The van der Waals surface area contributed by atoms with Crippen LogP contribution in [0.3, 0.4) is 0 Å². The zero-order chi connectivity index (χ0) is 20.1. The van der Waals surface area contributed by atoms with Gasteiger partial charge in [0.15, 0.2) is 0 Å². The fourth-order valence-electron chi connectivity index (χ4n) is 3.22. The predicted octanol–water partition coefficient (Wildman–Crippen LogP) is 4.23. The van der Waals surface area contributed by atoms with E-state index in [0.29, 0.717) is 24.5 Å². The number of amides is 2. The van der Waals surface area contributed by atoms with E-state index >= 15 is 0 Å². The Bertz CT molecular complexity index is 1030. The molecule has 0 fully saturated rings. The number of hydrogen-bond donors (Lipinski definition) is 2. The lowest BCUT2D eigenvalue weighted by atomic mass is 10.1. The third-order valence-corrected chi connectivity index (χ3v) is 4.42. The van der Waals surface area contributed by atoms with Crippen molar-refractivity contribution in [2.24, 2.45) is 5.92 Å². The fourth-order valence-corrected chi connectivity index (χ4v) is 3.22. The molecular weight excluding hydrogens is 354 g/mol. The van der Waals surface area contributed by atoms with Gasteiger partial charge in [-0.05, 0) is 29.7 Å². The highest BCUT2D eigenvalue weighted by molar-refractivity contribution is 5.91. The van der Waals surface area contributed by atoms with Crippen LogP contribution < -0.4 is 15.6 Å². The van der Waals surface area contributed by atoms with E-state index in [1.54, 1.807) is 30.2 Å². The summed E-state index contributed by atoms with van der Waals surface area (Å²) in [5.74, 6) is 0.874. The standard InChI is InChI=1S/C22H25N3O3/c1-15(2)13-25(22(27)24-19-10-6-7-11-20(19)28-3)14-16-12-21(26)23-18-9-5-4-8-17(16)18/h4-12,15H,13-14H2,1-3H3,(H,23,26)(H,24,27). The van der Waals surface area contributed by atoms with Gasteiger partial charge in [-0.3, -0.25) is 4.79 Å². The molecule has 0 spiro atoms. The Morgan fingerprint density at radius 1 is 1.14 bits per heavy atom. The molecule has 6 heteroatoms. The molecule has 0 saturated heterocycles. The highest BCUT2D eigenvalue weighted by Gasteiger charge is 2.18. The maximum Gasteiger partial charge on any atom is 0.322 e. The number of H-pyrrole nitrogens is 1. The van der Waals surface area contributed by atoms with Crippen LogP contribution in [0.1, 0.15) is 19.4 Å². The summed E-state index contributed by atoms with van der Waals surface area (Å²) in [7, 11) is 1.57. The van der Waals surface area contributed by atoms with Gasteiger partial charge in [0.2, 0.25) is 5.56 Å². The first-order valence-electron chi connectivity index (χ1n) is 9.28. The molecule has 1 heterocycles. The van der Waals surface area contributed by atoms with Crippen LogP contribution >= 0.6 is 0 Å². The van der Waals surface area contributed by atoms with Gasteiger partial charge >= 0.3 is 6.03 Å². The Morgan fingerprint density at radius 3 is 2.61 bits per heavy atom. The van der Waals surface area contributed by atoms with Crippen molar-refractivity contribution >= 4 is 22.6 Å². The predicted molar refractivity (Wildman–Crippen MR) is 112 cm³/mol. The Balaban J connectivity index is 1.91. The first-order valence-corrected chi connectivity index (χ1v) is 9.28. The van der Waals surface area contributed by atoms with E-state index in [1.165, 1.54) is 0 Å². The van der Waals surface area contributed by atoms with Gasteiger partial charge in [-0.15, -0.1) is 0 Å². The highest BCUT2D eigenvalue weighted by Crippen LogP contribution is 2.24. The molecule has 2 N–H and O–H groups in total. The van der Waals surface area contributed by atoms with Crippen molar-refractivity contribution in [2.75, 3.05) is 19.0 Å². The molecule has 0 radical (unpaired) electrons. The van der Waals surface area contributed by atoms with E-state index in [4.69, 9.17) is 4.74 Å². The molecule has 0 unspecified atom stereocenters. The zero-order valence-electron chi connectivity index (χ0n) is 16.4. The van der Waals surface area contributed by atoms with Gasteiger partial charge in [-0.1, -0.05) is 44.2 Å². The maximum absolute atomic E-state index is 13.0. The molecule has 0 bridgehead atoms. The maximum atomic E-state index is 13.0. The molecule has 0 saturated carbocycles. The van der Waals surface area contributed by atoms with E-state index in [0.717, 1.165) is 16.5 Å². The minimum atomic E-state index is -0.234. The first-order chi connectivity index (χ1) is 13.5. The number of hydrogen-bond acceptors (Lipinski definition) is 3. The van der Waals surface area contributed by atoms with Gasteiger partial charge < -0.3 is 19.9 Å². The monoisotopic (exact) mass is 379 g/mol. The number of rotatable bonds is 6. The molecule has 0 atom stereocenters. The van der Waals surface area contributed by atoms with E-state index in [1.807, 2.05) is 36.4 Å². The number of anilines is 1. The molecule has 3 aromatic rings. The Labute approximate surface area is 164 Å². The Kier molecular flexibility index (Phi) is 5.99. The molecule has 6 nitrogen and oxygen atoms in total. The molecule has 2 aromatic carbocycles. The molecule has 28 heavy (non-hydrogen) atoms. The number of methoxy groups -OCH3 is 1. The van der Waals surface area contributed by atoms with Crippen LogP contribution in [0.4, 0.5) is 10.5 Å². The minimum absolute atomic E-state index is 0.177. The molecule has 0 aliphatic rings. The lowest BCUT2D eigenvalue weighted by molar-refractivity contribution is 0.201. The number of nitrogens with one attached hydrogen (secondary N) is 2. The molecule has 0 aliphatic heterocycles. The topological polar surface area (TPSA) is 74.4 Å². The van der Waals surface area contributed by atoms with E-state index in [9.17, 15) is 9.59 Å². The van der Waals surface area contributed by atoms with Crippen molar-refractivity contribution in [3.05, 3.63) is 70.5 Å². The molecule has 1 aromatic heterocycles. The van der Waals surface area contributed by atoms with Crippen LogP contribution in [-0.4, -0.2) is 29.6 Å². The number of ether oxygens (including phenoxy) is 1. The third-order valence-electron chi connectivity index (χ3n) is 4.42. The van der Waals surface area contributed by atoms with Crippen LogP contribution in [0, 0.1) is 5.92 Å². The number of para-hydroxylation sites is 3. The number of aromatic nitrogens is 1. The van der Waals surface area contributed by atoms with Gasteiger partial charge in [0, 0.05) is 30.1 Å². The molecular formula is C22H25N3O3. The van der Waals surface area contributed by atoms with Crippen molar-refractivity contribution in [1.82, 2.24) is 9.88 Å². The van der Waals surface area contributed by atoms with E-state index < -0.39 is 0 Å². The smallest absolute Gasteiger partial charge is 0.322 e. The SMILES string of the molecule is COc1ccccc1NC(=O)N(Cc1cc(=O)[nH]c2ccccc12)CC(C)C. The number of benzene rings is 2. The summed E-state index contributed by atoms with van der Waals surface area (Å²) >= 11 is 0. The van der Waals surface area contributed by atoms with Crippen LogP contribution in [-0.2, 0) is 6.54 Å². The third kappa shape index (κ3) is 4.52. The molecule has 2 amide bonds. The summed E-state index contributed by atoms with van der Waals surface area (Å²) in [5.41, 5.74) is 2.01. The number of urea groups is 1. The Hall–Kier alpha value is -3.28. The van der Waals surface area contributed by atoms with Crippen molar-refractivity contribution < 1.29 is 9.53 Å². The lowest BCUT2D eigenvalue weighted by Gasteiger charge is -2.26. The second-order valence-electron chi connectivity index (χ2n) is 7.11.